The van der Waals surface area contributed by atoms with Gasteiger partial charge in [-0.3, -0.25) is 4.79 Å². The van der Waals surface area contributed by atoms with Crippen molar-refractivity contribution in [3.63, 3.8) is 0 Å². The molecule has 0 aliphatic heterocycles. The van der Waals surface area contributed by atoms with Crippen LogP contribution in [0.1, 0.15) is 40.5 Å². The van der Waals surface area contributed by atoms with Crippen LogP contribution in [-0.4, -0.2) is 41.9 Å². The Morgan fingerprint density at radius 1 is 1.28 bits per heavy atom. The van der Waals surface area contributed by atoms with Crippen LogP contribution in [0, 0.1) is 0 Å². The van der Waals surface area contributed by atoms with Gasteiger partial charge in [-0.2, -0.15) is 0 Å². The fourth-order valence-electron chi connectivity index (χ4n) is 1.17. The van der Waals surface area contributed by atoms with Gasteiger partial charge in [-0.25, -0.2) is 13.2 Å². The number of carbonyl (C=O) groups excluding carboxylic acids is 1. The summed E-state index contributed by atoms with van der Waals surface area (Å²) in [6, 6.07) is -1.03. The Morgan fingerprint density at radius 3 is 2.11 bits per heavy atom. The first-order chi connectivity index (χ1) is 8.01. The molecule has 0 heterocycles. The molecule has 0 saturated heterocycles. The number of aliphatic carboxylic acids is 1. The predicted octanol–water partition coefficient (Wildman–Crippen LogP) is 0.569. The average Bonchev–Trinajstić information content (AvgIpc) is 2.13. The molecule has 0 spiro atoms. The van der Waals surface area contributed by atoms with Crippen molar-refractivity contribution in [1.82, 2.24) is 5.32 Å². The molecule has 1 atom stereocenters. The van der Waals surface area contributed by atoms with Crippen LogP contribution in [0.25, 0.3) is 0 Å². The predicted molar refractivity (Wildman–Crippen MR) is 68.0 cm³/mol. The molecule has 106 valence electrons. The molecule has 0 aromatic rings. The quantitative estimate of drug-likeness (QED) is 0.740. The second kappa shape index (κ2) is 6.17. The third-order valence-corrected chi connectivity index (χ3v) is 4.97. The monoisotopic (exact) mass is 279 g/mol. The second-order valence-corrected chi connectivity index (χ2v) is 7.86. The highest BCUT2D eigenvalue weighted by atomic mass is 32.2. The van der Waals surface area contributed by atoms with E-state index in [2.05, 4.69) is 5.32 Å². The Morgan fingerprint density at radius 2 is 1.78 bits per heavy atom. The highest BCUT2D eigenvalue weighted by Gasteiger charge is 2.32. The summed E-state index contributed by atoms with van der Waals surface area (Å²) in [7, 11) is -3.59. The third-order valence-electron chi connectivity index (χ3n) is 2.46. The number of carboxylic acids is 1. The molecule has 0 bridgehead atoms. The lowest BCUT2D eigenvalue weighted by Crippen LogP contribution is -2.45. The lowest BCUT2D eigenvalue weighted by molar-refractivity contribution is -0.141. The average molecular weight is 279 g/mol. The van der Waals surface area contributed by atoms with Gasteiger partial charge in [-0.15, -0.1) is 0 Å². The van der Waals surface area contributed by atoms with Gasteiger partial charge in [0, 0.05) is 0 Å². The summed E-state index contributed by atoms with van der Waals surface area (Å²) < 4.78 is 22.5. The van der Waals surface area contributed by atoms with Crippen LogP contribution in [0.3, 0.4) is 0 Å². The highest BCUT2D eigenvalue weighted by molar-refractivity contribution is 7.93. The highest BCUT2D eigenvalue weighted by Crippen LogP contribution is 2.15. The van der Waals surface area contributed by atoms with Crippen LogP contribution in [0.15, 0.2) is 0 Å². The summed E-state index contributed by atoms with van der Waals surface area (Å²) in [5, 5.41) is 11.1. The molecular weight excluding hydrogens is 258 g/mol. The van der Waals surface area contributed by atoms with Crippen LogP contribution in [0.4, 0.5) is 0 Å². The molecule has 1 unspecified atom stereocenters. The topological polar surface area (TPSA) is 101 Å². The molecule has 0 fully saturated rings. The number of hydrogen-bond donors (Lipinski definition) is 2. The normalized spacial score (nSPS) is 14.0. The van der Waals surface area contributed by atoms with Crippen LogP contribution >= 0.6 is 0 Å². The number of sulfone groups is 1. The van der Waals surface area contributed by atoms with Crippen molar-refractivity contribution in [3.8, 4) is 0 Å². The van der Waals surface area contributed by atoms with E-state index in [0.717, 1.165) is 0 Å². The van der Waals surface area contributed by atoms with Gasteiger partial charge >= 0.3 is 5.97 Å². The Labute approximate surface area is 108 Å². The fourth-order valence-corrected chi connectivity index (χ4v) is 2.03. The Kier molecular flexibility index (Phi) is 5.79. The van der Waals surface area contributed by atoms with Crippen molar-refractivity contribution >= 4 is 21.7 Å². The van der Waals surface area contributed by atoms with Gasteiger partial charge in [-0.05, 0) is 27.2 Å². The first kappa shape index (κ1) is 16.9. The molecule has 2 N–H and O–H groups in total. The van der Waals surface area contributed by atoms with Crippen molar-refractivity contribution in [3.05, 3.63) is 0 Å². The Hall–Kier alpha value is -1.11. The third kappa shape index (κ3) is 5.03. The maximum atomic E-state index is 11.8. The number of amides is 1. The number of nitrogens with one attached hydrogen (secondary N) is 1. The smallest absolute Gasteiger partial charge is 0.326 e. The SMILES string of the molecule is CCCC(NC(=O)CS(=O)(=O)C(C)(C)C)C(=O)O. The zero-order valence-electron chi connectivity index (χ0n) is 11.2. The Bertz CT molecular complexity index is 408. The lowest BCUT2D eigenvalue weighted by Gasteiger charge is -2.20. The van der Waals surface area contributed by atoms with E-state index in [4.69, 9.17) is 5.11 Å². The van der Waals surface area contributed by atoms with E-state index in [9.17, 15) is 18.0 Å². The van der Waals surface area contributed by atoms with E-state index >= 15 is 0 Å². The van der Waals surface area contributed by atoms with Gasteiger partial charge in [0.2, 0.25) is 5.91 Å². The van der Waals surface area contributed by atoms with E-state index in [1.165, 1.54) is 20.8 Å². The van der Waals surface area contributed by atoms with E-state index in [1.54, 1.807) is 6.92 Å². The summed E-state index contributed by atoms with van der Waals surface area (Å²) in [5.74, 6) is -2.62. The van der Waals surface area contributed by atoms with Gasteiger partial charge in [0.05, 0.1) is 4.75 Å². The minimum atomic E-state index is -3.59. The van der Waals surface area contributed by atoms with Gasteiger partial charge in [0.25, 0.3) is 0 Å². The maximum absolute atomic E-state index is 11.8. The van der Waals surface area contributed by atoms with Crippen molar-refractivity contribution in [2.45, 2.75) is 51.3 Å². The van der Waals surface area contributed by atoms with Crippen LogP contribution < -0.4 is 5.32 Å². The standard InChI is InChI=1S/C11H21NO5S/c1-5-6-8(10(14)15)12-9(13)7-18(16,17)11(2,3)4/h8H,5-7H2,1-4H3,(H,12,13)(H,14,15). The summed E-state index contributed by atoms with van der Waals surface area (Å²) >= 11 is 0. The fraction of sp³-hybridized carbons (Fsp3) is 0.818. The molecule has 1 amide bonds. The number of carbonyl (C=O) groups is 2. The molecule has 0 aliphatic carbocycles. The van der Waals surface area contributed by atoms with Gasteiger partial charge in [-0.1, -0.05) is 13.3 Å². The van der Waals surface area contributed by atoms with E-state index in [1.807, 2.05) is 0 Å². The van der Waals surface area contributed by atoms with E-state index in [-0.39, 0.29) is 6.42 Å². The maximum Gasteiger partial charge on any atom is 0.326 e. The van der Waals surface area contributed by atoms with Gasteiger partial charge in [0.15, 0.2) is 9.84 Å². The molecule has 6 nitrogen and oxygen atoms in total. The van der Waals surface area contributed by atoms with Crippen molar-refractivity contribution in [1.29, 1.82) is 0 Å². The molecular formula is C11H21NO5S. The van der Waals surface area contributed by atoms with Crippen LogP contribution in [-0.2, 0) is 19.4 Å². The lowest BCUT2D eigenvalue weighted by atomic mass is 10.2. The summed E-state index contributed by atoms with van der Waals surface area (Å²) in [4.78, 5) is 22.4. The molecule has 0 saturated carbocycles. The zero-order chi connectivity index (χ0) is 14.6. The molecule has 0 radical (unpaired) electrons. The molecule has 0 rings (SSSR count). The van der Waals surface area contributed by atoms with E-state index in [0.29, 0.717) is 6.42 Å². The summed E-state index contributed by atoms with van der Waals surface area (Å²) in [5.41, 5.74) is 0. The first-order valence-corrected chi connectivity index (χ1v) is 7.41. The molecule has 7 heteroatoms. The first-order valence-electron chi connectivity index (χ1n) is 5.75. The number of carboxylic acid groups (broad SMARTS) is 1. The van der Waals surface area contributed by atoms with Crippen LogP contribution in [0.5, 0.6) is 0 Å². The molecule has 0 aromatic carbocycles. The minimum absolute atomic E-state index is 0.274. The second-order valence-electron chi connectivity index (χ2n) is 5.12. The molecule has 18 heavy (non-hydrogen) atoms. The van der Waals surface area contributed by atoms with Gasteiger partial charge < -0.3 is 10.4 Å². The molecule has 0 aliphatic rings. The zero-order valence-corrected chi connectivity index (χ0v) is 12.0. The summed E-state index contributed by atoms with van der Waals surface area (Å²) in [6.07, 6.45) is 0.861. The largest absolute Gasteiger partial charge is 0.480 e. The van der Waals surface area contributed by atoms with E-state index < -0.39 is 38.3 Å². The molecule has 0 aromatic heterocycles. The Balaban J connectivity index is 4.66. The number of hydrogen-bond acceptors (Lipinski definition) is 4. The van der Waals surface area contributed by atoms with Crippen molar-refractivity contribution < 1.29 is 23.1 Å². The minimum Gasteiger partial charge on any atom is -0.480 e. The van der Waals surface area contributed by atoms with Crippen molar-refractivity contribution in [2.75, 3.05) is 5.75 Å². The van der Waals surface area contributed by atoms with Crippen molar-refractivity contribution in [2.24, 2.45) is 0 Å². The van der Waals surface area contributed by atoms with Crippen LogP contribution in [0.2, 0.25) is 0 Å². The summed E-state index contributed by atoms with van der Waals surface area (Å²) in [6.45, 7) is 6.27. The van der Waals surface area contributed by atoms with Gasteiger partial charge in [0.1, 0.15) is 11.8 Å². The number of rotatable bonds is 6.